The number of hydrogen-bond acceptors (Lipinski definition) is 3. The molecular weight excluding hydrogens is 202 g/mol. The van der Waals surface area contributed by atoms with Crippen molar-refractivity contribution in [3.05, 3.63) is 29.3 Å². The smallest absolute Gasteiger partial charge is 0.152 e. The van der Waals surface area contributed by atoms with Crippen LogP contribution in [0.25, 0.3) is 0 Å². The maximum absolute atomic E-state index is 11.0. The molecule has 0 amide bonds. The molecule has 0 saturated carbocycles. The molecule has 0 heterocycles. The van der Waals surface area contributed by atoms with Gasteiger partial charge in [-0.3, -0.25) is 4.79 Å². The van der Waals surface area contributed by atoms with E-state index in [-0.39, 0.29) is 6.61 Å². The van der Waals surface area contributed by atoms with Gasteiger partial charge in [-0.15, -0.1) is 0 Å². The van der Waals surface area contributed by atoms with Crippen LogP contribution >= 0.6 is 0 Å². The van der Waals surface area contributed by atoms with Crippen LogP contribution in [-0.4, -0.2) is 31.1 Å². The molecule has 0 radical (unpaired) electrons. The first-order chi connectivity index (χ1) is 7.72. The van der Waals surface area contributed by atoms with Gasteiger partial charge in [0.05, 0.1) is 0 Å². The van der Waals surface area contributed by atoms with Crippen molar-refractivity contribution >= 4 is 12.0 Å². The lowest BCUT2D eigenvalue weighted by molar-refractivity contribution is 0.112. The second-order valence-electron chi connectivity index (χ2n) is 3.84. The van der Waals surface area contributed by atoms with Gasteiger partial charge in [-0.05, 0) is 32.4 Å². The Morgan fingerprint density at radius 1 is 1.44 bits per heavy atom. The molecule has 3 nitrogen and oxygen atoms in total. The summed E-state index contributed by atoms with van der Waals surface area (Å²) in [7, 11) is 0. The number of benzene rings is 1. The fraction of sp³-hybridized carbons (Fsp3) is 0.462. The summed E-state index contributed by atoms with van der Waals surface area (Å²) in [6.45, 7) is 5.81. The number of aldehydes is 1. The summed E-state index contributed by atoms with van der Waals surface area (Å²) in [6.07, 6.45) is 1.62. The van der Waals surface area contributed by atoms with Gasteiger partial charge in [0, 0.05) is 30.9 Å². The van der Waals surface area contributed by atoms with Crippen molar-refractivity contribution in [3.63, 3.8) is 0 Å². The van der Waals surface area contributed by atoms with Gasteiger partial charge in [-0.2, -0.15) is 0 Å². The Balaban J connectivity index is 2.94. The van der Waals surface area contributed by atoms with Gasteiger partial charge in [-0.1, -0.05) is 11.6 Å². The summed E-state index contributed by atoms with van der Waals surface area (Å²) >= 11 is 0. The lowest BCUT2D eigenvalue weighted by atomic mass is 10.1. The van der Waals surface area contributed by atoms with Gasteiger partial charge in [0.1, 0.15) is 0 Å². The van der Waals surface area contributed by atoms with Crippen molar-refractivity contribution in [1.29, 1.82) is 0 Å². The number of aliphatic hydroxyl groups is 1. The predicted octanol–water partition coefficient (Wildman–Crippen LogP) is 2.02. The van der Waals surface area contributed by atoms with Crippen LogP contribution in [-0.2, 0) is 0 Å². The lowest BCUT2D eigenvalue weighted by Crippen LogP contribution is -2.25. The van der Waals surface area contributed by atoms with Crippen LogP contribution in [0.4, 0.5) is 5.69 Å². The van der Waals surface area contributed by atoms with E-state index in [4.69, 9.17) is 5.11 Å². The van der Waals surface area contributed by atoms with Crippen LogP contribution in [0.2, 0.25) is 0 Å². The quantitative estimate of drug-likeness (QED) is 0.747. The predicted molar refractivity (Wildman–Crippen MR) is 66.2 cm³/mol. The molecule has 0 aliphatic heterocycles. The topological polar surface area (TPSA) is 40.5 Å². The third-order valence-electron chi connectivity index (χ3n) is 2.62. The zero-order valence-corrected chi connectivity index (χ0v) is 9.94. The fourth-order valence-electron chi connectivity index (χ4n) is 1.77. The number of carbonyl (C=O) groups is 1. The Morgan fingerprint density at radius 3 is 2.75 bits per heavy atom. The van der Waals surface area contributed by atoms with Gasteiger partial charge >= 0.3 is 0 Å². The average molecular weight is 221 g/mol. The van der Waals surface area contributed by atoms with E-state index >= 15 is 0 Å². The fourth-order valence-corrected chi connectivity index (χ4v) is 1.77. The number of aliphatic hydroxyl groups excluding tert-OH is 1. The van der Waals surface area contributed by atoms with Crippen LogP contribution in [0.15, 0.2) is 18.2 Å². The molecule has 0 atom stereocenters. The number of aryl methyl sites for hydroxylation is 1. The molecule has 1 aromatic rings. The van der Waals surface area contributed by atoms with E-state index < -0.39 is 0 Å². The molecule has 0 unspecified atom stereocenters. The minimum absolute atomic E-state index is 0.179. The molecule has 88 valence electrons. The standard InChI is InChI=1S/C13H19NO2/c1-3-14(7-4-8-15)13-6-5-11(2)9-12(13)10-16/h5-6,9-10,15H,3-4,7-8H2,1-2H3. The second-order valence-corrected chi connectivity index (χ2v) is 3.84. The van der Waals surface area contributed by atoms with Crippen LogP contribution in [0.5, 0.6) is 0 Å². The zero-order valence-electron chi connectivity index (χ0n) is 9.94. The minimum atomic E-state index is 0.179. The van der Waals surface area contributed by atoms with Crippen molar-refractivity contribution in [2.45, 2.75) is 20.3 Å². The molecule has 0 bridgehead atoms. The van der Waals surface area contributed by atoms with E-state index in [9.17, 15) is 4.79 Å². The molecule has 0 spiro atoms. The first-order valence-corrected chi connectivity index (χ1v) is 5.64. The normalized spacial score (nSPS) is 10.2. The summed E-state index contributed by atoms with van der Waals surface area (Å²) in [5, 5.41) is 8.83. The van der Waals surface area contributed by atoms with Crippen molar-refractivity contribution in [1.82, 2.24) is 0 Å². The first-order valence-electron chi connectivity index (χ1n) is 5.64. The van der Waals surface area contributed by atoms with E-state index in [1.807, 2.05) is 32.0 Å². The Morgan fingerprint density at radius 2 is 2.19 bits per heavy atom. The Labute approximate surface area is 96.7 Å². The molecular formula is C13H19NO2. The van der Waals surface area contributed by atoms with Crippen molar-refractivity contribution in [2.24, 2.45) is 0 Å². The molecule has 0 fully saturated rings. The van der Waals surface area contributed by atoms with E-state index in [0.29, 0.717) is 0 Å². The number of hydrogen-bond donors (Lipinski definition) is 1. The Hall–Kier alpha value is -1.35. The zero-order chi connectivity index (χ0) is 12.0. The summed E-state index contributed by atoms with van der Waals surface area (Å²) in [5.41, 5.74) is 2.76. The molecule has 0 aliphatic rings. The highest BCUT2D eigenvalue weighted by atomic mass is 16.3. The third kappa shape index (κ3) is 3.07. The summed E-state index contributed by atoms with van der Waals surface area (Å²) in [4.78, 5) is 13.1. The second kappa shape index (κ2) is 6.28. The first kappa shape index (κ1) is 12.7. The van der Waals surface area contributed by atoms with Gasteiger partial charge in [-0.25, -0.2) is 0 Å². The van der Waals surface area contributed by atoms with Crippen molar-refractivity contribution in [2.75, 3.05) is 24.6 Å². The van der Waals surface area contributed by atoms with Gasteiger partial charge in [0.2, 0.25) is 0 Å². The summed E-state index contributed by atoms with van der Waals surface area (Å²) < 4.78 is 0. The van der Waals surface area contributed by atoms with Gasteiger partial charge in [0.25, 0.3) is 0 Å². The van der Waals surface area contributed by atoms with E-state index in [2.05, 4.69) is 4.90 Å². The SMILES string of the molecule is CCN(CCCO)c1ccc(C)cc1C=O. The third-order valence-corrected chi connectivity index (χ3v) is 2.62. The van der Waals surface area contributed by atoms with Crippen LogP contribution in [0.1, 0.15) is 29.3 Å². The van der Waals surface area contributed by atoms with E-state index in [0.717, 1.165) is 42.6 Å². The highest BCUT2D eigenvalue weighted by Crippen LogP contribution is 2.20. The van der Waals surface area contributed by atoms with Crippen molar-refractivity contribution in [3.8, 4) is 0 Å². The Bertz CT molecular complexity index is 350. The molecule has 0 saturated heterocycles. The molecule has 1 N–H and O–H groups in total. The largest absolute Gasteiger partial charge is 0.396 e. The molecule has 3 heteroatoms. The lowest BCUT2D eigenvalue weighted by Gasteiger charge is -2.24. The summed E-state index contributed by atoms with van der Waals surface area (Å²) in [6, 6.07) is 5.87. The van der Waals surface area contributed by atoms with Crippen LogP contribution in [0, 0.1) is 6.92 Å². The molecule has 0 aliphatic carbocycles. The number of rotatable bonds is 6. The Kier molecular flexibility index (Phi) is 4.99. The molecule has 16 heavy (non-hydrogen) atoms. The maximum atomic E-state index is 11.0. The van der Waals surface area contributed by atoms with E-state index in [1.165, 1.54) is 0 Å². The monoisotopic (exact) mass is 221 g/mol. The number of carbonyl (C=O) groups excluding carboxylic acids is 1. The maximum Gasteiger partial charge on any atom is 0.152 e. The molecule has 1 rings (SSSR count). The number of nitrogens with zero attached hydrogens (tertiary/aromatic N) is 1. The average Bonchev–Trinajstić information content (AvgIpc) is 2.31. The molecule has 0 aromatic heterocycles. The van der Waals surface area contributed by atoms with Gasteiger partial charge < -0.3 is 10.0 Å². The van der Waals surface area contributed by atoms with Crippen molar-refractivity contribution < 1.29 is 9.90 Å². The highest BCUT2D eigenvalue weighted by molar-refractivity contribution is 5.85. The number of anilines is 1. The molecule has 1 aromatic carbocycles. The minimum Gasteiger partial charge on any atom is -0.396 e. The van der Waals surface area contributed by atoms with Crippen LogP contribution in [0.3, 0.4) is 0 Å². The van der Waals surface area contributed by atoms with Gasteiger partial charge in [0.15, 0.2) is 6.29 Å². The van der Waals surface area contributed by atoms with E-state index in [1.54, 1.807) is 0 Å². The summed E-state index contributed by atoms with van der Waals surface area (Å²) in [5.74, 6) is 0. The van der Waals surface area contributed by atoms with Crippen LogP contribution < -0.4 is 4.90 Å². The highest BCUT2D eigenvalue weighted by Gasteiger charge is 2.08.